The second-order valence-corrected chi connectivity index (χ2v) is 10.2. The van der Waals surface area contributed by atoms with Crippen molar-refractivity contribution in [1.29, 1.82) is 0 Å². The Balaban J connectivity index is 1.53. The highest BCUT2D eigenvalue weighted by molar-refractivity contribution is 6.38. The lowest BCUT2D eigenvalue weighted by Gasteiger charge is -2.41. The van der Waals surface area contributed by atoms with Crippen LogP contribution in [0.25, 0.3) is 33.3 Å². The number of aromatic amines is 1. The van der Waals surface area contributed by atoms with E-state index in [1.165, 1.54) is 12.5 Å². The van der Waals surface area contributed by atoms with Gasteiger partial charge in [-0.1, -0.05) is 11.6 Å². The maximum atomic E-state index is 13.3. The summed E-state index contributed by atoms with van der Waals surface area (Å²) in [4.78, 5) is 22.1. The maximum absolute atomic E-state index is 13.3. The van der Waals surface area contributed by atoms with Crippen LogP contribution in [0.4, 0.5) is 19.0 Å². The summed E-state index contributed by atoms with van der Waals surface area (Å²) in [6.45, 7) is 5.42. The summed E-state index contributed by atoms with van der Waals surface area (Å²) in [5.74, 6) is 0.316. The summed E-state index contributed by atoms with van der Waals surface area (Å²) in [5, 5.41) is 1.94. The fourth-order valence-corrected chi connectivity index (χ4v) is 5.69. The van der Waals surface area contributed by atoms with Crippen LogP contribution in [0.5, 0.6) is 0 Å². The van der Waals surface area contributed by atoms with Gasteiger partial charge in [-0.3, -0.25) is 9.88 Å². The van der Waals surface area contributed by atoms with Gasteiger partial charge in [0.15, 0.2) is 0 Å². The molecular formula is C25H22ClF3N8. The summed E-state index contributed by atoms with van der Waals surface area (Å²) < 4.78 is 41.9. The molecule has 190 valence electrons. The van der Waals surface area contributed by atoms with E-state index in [4.69, 9.17) is 17.3 Å². The number of aromatic nitrogens is 6. The van der Waals surface area contributed by atoms with Crippen LogP contribution in [0.1, 0.15) is 30.8 Å². The summed E-state index contributed by atoms with van der Waals surface area (Å²) in [5.41, 5.74) is 9.15. The molecule has 0 radical (unpaired) electrons. The molecule has 0 aromatic carbocycles. The van der Waals surface area contributed by atoms with E-state index in [0.29, 0.717) is 58.4 Å². The van der Waals surface area contributed by atoms with Gasteiger partial charge in [-0.25, -0.2) is 15.0 Å². The van der Waals surface area contributed by atoms with Crippen molar-refractivity contribution in [3.8, 4) is 11.3 Å². The number of hydrogen-bond acceptors (Lipinski definition) is 6. The predicted molar refractivity (Wildman–Crippen MR) is 135 cm³/mol. The fourth-order valence-electron chi connectivity index (χ4n) is 5.40. The Morgan fingerprint density at radius 2 is 1.95 bits per heavy atom. The average Bonchev–Trinajstić information content (AvgIpc) is 3.34. The number of alkyl halides is 3. The second-order valence-electron chi connectivity index (χ2n) is 9.83. The molecule has 0 aliphatic carbocycles. The Hall–Kier alpha value is -3.70. The number of fused-ring (bicyclic) bond motifs is 4. The smallest absolute Gasteiger partial charge is 0.383 e. The highest BCUT2D eigenvalue weighted by Crippen LogP contribution is 2.46. The molecular weight excluding hydrogens is 505 g/mol. The molecule has 0 unspecified atom stereocenters. The summed E-state index contributed by atoms with van der Waals surface area (Å²) >= 11 is 6.85. The number of pyridine rings is 2. The summed E-state index contributed by atoms with van der Waals surface area (Å²) in [6.07, 6.45) is -0.198. The van der Waals surface area contributed by atoms with Gasteiger partial charge in [-0.05, 0) is 43.7 Å². The number of H-pyrrole nitrogens is 1. The molecule has 0 bridgehead atoms. The Bertz CT molecular complexity index is 1670. The molecule has 0 amide bonds. The van der Waals surface area contributed by atoms with Crippen molar-refractivity contribution in [1.82, 2.24) is 34.4 Å². The van der Waals surface area contributed by atoms with Gasteiger partial charge in [0.05, 0.1) is 21.6 Å². The highest BCUT2D eigenvalue weighted by atomic mass is 35.5. The van der Waals surface area contributed by atoms with Gasteiger partial charge in [0, 0.05) is 48.7 Å². The van der Waals surface area contributed by atoms with Crippen molar-refractivity contribution in [2.45, 2.75) is 38.7 Å². The van der Waals surface area contributed by atoms with Crippen LogP contribution >= 0.6 is 11.6 Å². The van der Waals surface area contributed by atoms with Crippen molar-refractivity contribution in [3.63, 3.8) is 0 Å². The van der Waals surface area contributed by atoms with E-state index in [1.54, 1.807) is 12.3 Å². The van der Waals surface area contributed by atoms with Crippen LogP contribution in [0.3, 0.4) is 0 Å². The normalized spacial score (nSPS) is 15.9. The van der Waals surface area contributed by atoms with Crippen molar-refractivity contribution >= 4 is 39.5 Å². The monoisotopic (exact) mass is 526 g/mol. The third-order valence-electron chi connectivity index (χ3n) is 6.74. The molecule has 3 N–H and O–H groups in total. The average molecular weight is 527 g/mol. The zero-order valence-corrected chi connectivity index (χ0v) is 20.7. The first kappa shape index (κ1) is 23.7. The zero-order chi connectivity index (χ0) is 26.1. The van der Waals surface area contributed by atoms with E-state index >= 15 is 0 Å². The van der Waals surface area contributed by atoms with Crippen LogP contribution in [-0.4, -0.2) is 40.9 Å². The van der Waals surface area contributed by atoms with Crippen molar-refractivity contribution < 1.29 is 13.2 Å². The lowest BCUT2D eigenvalue weighted by Crippen LogP contribution is -2.46. The molecule has 0 spiro atoms. The minimum Gasteiger partial charge on any atom is -0.383 e. The Labute approximate surface area is 214 Å². The van der Waals surface area contributed by atoms with Crippen LogP contribution in [-0.2, 0) is 24.8 Å². The van der Waals surface area contributed by atoms with Gasteiger partial charge < -0.3 is 15.3 Å². The van der Waals surface area contributed by atoms with Gasteiger partial charge in [0.2, 0.25) is 0 Å². The fraction of sp³-hybridized carbons (Fsp3) is 0.280. The molecule has 6 rings (SSSR count). The standard InChI is InChI=1S/C25H22ClF3N8/c1-24(2)11-36(9-13-5-7-31-16(8-13)25(27,28)29)10-15-17(18-21(30)33-12-34-23(18)37(15)24)20-19(26)14-4-3-6-32-22(14)35-20/h3-8,12H,9-11H2,1-2H3,(H,32,35)(H2,30,33,34). The molecule has 0 saturated heterocycles. The number of hydrogen-bond donors (Lipinski definition) is 2. The van der Waals surface area contributed by atoms with E-state index in [-0.39, 0.29) is 0 Å². The van der Waals surface area contributed by atoms with Gasteiger partial charge in [-0.15, -0.1) is 0 Å². The molecule has 1 aliphatic heterocycles. The molecule has 0 saturated carbocycles. The molecule has 1 aliphatic rings. The van der Waals surface area contributed by atoms with Crippen molar-refractivity contribution in [3.05, 3.63) is 65.0 Å². The van der Waals surface area contributed by atoms with Crippen LogP contribution in [0, 0.1) is 0 Å². The lowest BCUT2D eigenvalue weighted by atomic mass is 9.98. The highest BCUT2D eigenvalue weighted by Gasteiger charge is 2.38. The third kappa shape index (κ3) is 3.80. The molecule has 5 aromatic rings. The first-order valence-electron chi connectivity index (χ1n) is 11.6. The van der Waals surface area contributed by atoms with E-state index in [9.17, 15) is 13.2 Å². The molecule has 0 atom stereocenters. The van der Waals surface area contributed by atoms with Gasteiger partial charge in [-0.2, -0.15) is 13.2 Å². The van der Waals surface area contributed by atoms with Gasteiger partial charge in [0.1, 0.15) is 29.1 Å². The molecule has 5 aromatic heterocycles. The van der Waals surface area contributed by atoms with Gasteiger partial charge >= 0.3 is 6.18 Å². The second kappa shape index (κ2) is 8.15. The Morgan fingerprint density at radius 3 is 2.70 bits per heavy atom. The van der Waals surface area contributed by atoms with Gasteiger partial charge in [0.25, 0.3) is 0 Å². The number of anilines is 1. The quantitative estimate of drug-likeness (QED) is 0.327. The Morgan fingerprint density at radius 1 is 1.14 bits per heavy atom. The van der Waals surface area contributed by atoms with Crippen LogP contribution in [0.2, 0.25) is 5.02 Å². The minimum absolute atomic E-state index is 0.305. The molecule has 0 fully saturated rings. The number of halogens is 4. The van der Waals surface area contributed by atoms with Crippen molar-refractivity contribution in [2.24, 2.45) is 0 Å². The van der Waals surface area contributed by atoms with Crippen molar-refractivity contribution in [2.75, 3.05) is 12.3 Å². The molecule has 12 heteroatoms. The molecule has 37 heavy (non-hydrogen) atoms. The first-order valence-corrected chi connectivity index (χ1v) is 11.9. The number of nitrogens with zero attached hydrogens (tertiary/aromatic N) is 6. The largest absolute Gasteiger partial charge is 0.433 e. The molecule has 8 nitrogen and oxygen atoms in total. The van der Waals surface area contributed by atoms with Crippen LogP contribution in [0.15, 0.2) is 43.0 Å². The summed E-state index contributed by atoms with van der Waals surface area (Å²) in [7, 11) is 0. The Kier molecular flexibility index (Phi) is 5.22. The van der Waals surface area contributed by atoms with Crippen LogP contribution < -0.4 is 5.73 Å². The zero-order valence-electron chi connectivity index (χ0n) is 19.9. The maximum Gasteiger partial charge on any atom is 0.433 e. The van der Waals surface area contributed by atoms with E-state index in [0.717, 1.165) is 22.7 Å². The van der Waals surface area contributed by atoms with E-state index < -0.39 is 17.4 Å². The third-order valence-corrected chi connectivity index (χ3v) is 7.14. The SMILES string of the molecule is CC1(C)CN(Cc2ccnc(C(F)(F)F)c2)Cc2c(-c3[nH]c4ncccc4c3Cl)c3c(N)ncnc3n21. The number of nitrogen functional groups attached to an aromatic ring is 1. The van der Waals surface area contributed by atoms with E-state index in [1.807, 2.05) is 12.1 Å². The number of nitrogens with two attached hydrogens (primary N) is 1. The van der Waals surface area contributed by atoms with E-state index in [2.05, 4.69) is 48.2 Å². The predicted octanol–water partition coefficient (Wildman–Crippen LogP) is 5.37. The minimum atomic E-state index is -4.51. The summed E-state index contributed by atoms with van der Waals surface area (Å²) in [6, 6.07) is 6.40. The topological polar surface area (TPSA) is 102 Å². The molecule has 6 heterocycles. The number of nitrogens with one attached hydrogen (secondary N) is 1. The number of rotatable bonds is 3. The lowest BCUT2D eigenvalue weighted by molar-refractivity contribution is -0.141. The first-order chi connectivity index (χ1) is 17.5.